The Bertz CT molecular complexity index is 1070. The second-order valence-corrected chi connectivity index (χ2v) is 8.09. The SMILES string of the molecule is CCC(=N)c1ccc(-c2ccnn2-c2cccc(OCCOC)c2)cc1NC1CCOCC1. The Kier molecular flexibility index (Phi) is 7.75. The summed E-state index contributed by atoms with van der Waals surface area (Å²) >= 11 is 0. The minimum absolute atomic E-state index is 0.350. The van der Waals surface area contributed by atoms with Crippen LogP contribution in [0.2, 0.25) is 0 Å². The van der Waals surface area contributed by atoms with E-state index in [2.05, 4.69) is 22.5 Å². The van der Waals surface area contributed by atoms with Crippen molar-refractivity contribution in [3.63, 3.8) is 0 Å². The molecule has 0 spiro atoms. The second-order valence-electron chi connectivity index (χ2n) is 8.09. The minimum atomic E-state index is 0.350. The summed E-state index contributed by atoms with van der Waals surface area (Å²) in [5.41, 5.74) is 5.52. The van der Waals surface area contributed by atoms with Gasteiger partial charge >= 0.3 is 0 Å². The topological polar surface area (TPSA) is 81.4 Å². The van der Waals surface area contributed by atoms with E-state index in [0.29, 0.717) is 31.4 Å². The maximum atomic E-state index is 8.45. The van der Waals surface area contributed by atoms with Crippen LogP contribution in [0.5, 0.6) is 5.75 Å². The molecule has 0 bridgehead atoms. The zero-order valence-electron chi connectivity index (χ0n) is 19.3. The molecule has 4 rings (SSSR count). The number of hydrogen-bond acceptors (Lipinski definition) is 6. The molecule has 0 saturated carbocycles. The van der Waals surface area contributed by atoms with E-state index in [-0.39, 0.29) is 0 Å². The zero-order valence-corrected chi connectivity index (χ0v) is 19.3. The standard InChI is InChI=1S/C26H32N4O3/c1-3-24(27)23-8-7-19(17-25(23)29-20-10-13-32-14-11-20)26-9-12-28-30(26)21-5-4-6-22(18-21)33-16-15-31-2/h4-9,12,17-18,20,27,29H,3,10-11,13-16H2,1-2H3. The van der Waals surface area contributed by atoms with Crippen molar-refractivity contribution < 1.29 is 14.2 Å². The van der Waals surface area contributed by atoms with Crippen LogP contribution in [0.15, 0.2) is 54.7 Å². The predicted octanol–water partition coefficient (Wildman–Crippen LogP) is 4.93. The molecule has 3 aromatic rings. The minimum Gasteiger partial charge on any atom is -0.491 e. The number of anilines is 1. The Labute approximate surface area is 195 Å². The Morgan fingerprint density at radius 1 is 1.15 bits per heavy atom. The molecule has 33 heavy (non-hydrogen) atoms. The Balaban J connectivity index is 1.65. The fourth-order valence-electron chi connectivity index (χ4n) is 4.01. The highest BCUT2D eigenvalue weighted by atomic mass is 16.5. The van der Waals surface area contributed by atoms with Crippen molar-refractivity contribution in [1.82, 2.24) is 9.78 Å². The van der Waals surface area contributed by atoms with E-state index in [9.17, 15) is 0 Å². The number of aromatic nitrogens is 2. The van der Waals surface area contributed by atoms with E-state index in [1.54, 1.807) is 13.3 Å². The van der Waals surface area contributed by atoms with Crippen molar-refractivity contribution in [2.75, 3.05) is 38.9 Å². The van der Waals surface area contributed by atoms with Gasteiger partial charge in [-0.25, -0.2) is 4.68 Å². The molecule has 2 N–H and O–H groups in total. The van der Waals surface area contributed by atoms with Gasteiger partial charge < -0.3 is 24.9 Å². The highest BCUT2D eigenvalue weighted by Crippen LogP contribution is 2.30. The second kappa shape index (κ2) is 11.1. The normalized spacial score (nSPS) is 14.2. The summed E-state index contributed by atoms with van der Waals surface area (Å²) in [5, 5.41) is 16.7. The highest BCUT2D eigenvalue weighted by molar-refractivity contribution is 6.03. The van der Waals surface area contributed by atoms with Gasteiger partial charge in [0.2, 0.25) is 0 Å². The quantitative estimate of drug-likeness (QED) is 0.339. The summed E-state index contributed by atoms with van der Waals surface area (Å²) in [4.78, 5) is 0. The van der Waals surface area contributed by atoms with E-state index >= 15 is 0 Å². The van der Waals surface area contributed by atoms with Crippen LogP contribution in [0.3, 0.4) is 0 Å². The van der Waals surface area contributed by atoms with Gasteiger partial charge in [0.15, 0.2) is 0 Å². The largest absolute Gasteiger partial charge is 0.491 e. The molecule has 7 nitrogen and oxygen atoms in total. The summed E-state index contributed by atoms with van der Waals surface area (Å²) in [6, 6.07) is 16.5. The first-order valence-corrected chi connectivity index (χ1v) is 11.5. The summed E-state index contributed by atoms with van der Waals surface area (Å²) in [6.07, 6.45) is 4.44. The van der Waals surface area contributed by atoms with Gasteiger partial charge in [-0.1, -0.05) is 25.1 Å². The number of ether oxygens (including phenoxy) is 3. The van der Waals surface area contributed by atoms with Crippen molar-refractivity contribution in [2.24, 2.45) is 0 Å². The van der Waals surface area contributed by atoms with E-state index in [1.165, 1.54) is 0 Å². The third-order valence-electron chi connectivity index (χ3n) is 5.84. The zero-order chi connectivity index (χ0) is 23.0. The maximum absolute atomic E-state index is 8.45. The highest BCUT2D eigenvalue weighted by Gasteiger charge is 2.18. The molecule has 2 aromatic carbocycles. The molecule has 0 unspecified atom stereocenters. The van der Waals surface area contributed by atoms with Gasteiger partial charge in [-0.2, -0.15) is 5.10 Å². The maximum Gasteiger partial charge on any atom is 0.121 e. The smallest absolute Gasteiger partial charge is 0.121 e. The molecule has 0 atom stereocenters. The summed E-state index contributed by atoms with van der Waals surface area (Å²) < 4.78 is 18.3. The van der Waals surface area contributed by atoms with Crippen LogP contribution in [0.1, 0.15) is 31.7 Å². The van der Waals surface area contributed by atoms with Gasteiger partial charge in [0.1, 0.15) is 12.4 Å². The van der Waals surface area contributed by atoms with Crippen LogP contribution in [-0.2, 0) is 9.47 Å². The summed E-state index contributed by atoms with van der Waals surface area (Å²) in [6.45, 7) is 4.60. The molecule has 1 fully saturated rings. The predicted molar refractivity (Wildman–Crippen MR) is 131 cm³/mol. The van der Waals surface area contributed by atoms with Crippen molar-refractivity contribution in [1.29, 1.82) is 5.41 Å². The number of methoxy groups -OCH3 is 1. The van der Waals surface area contributed by atoms with Crippen LogP contribution in [0.25, 0.3) is 16.9 Å². The van der Waals surface area contributed by atoms with Gasteiger partial charge in [0.05, 0.1) is 24.2 Å². The van der Waals surface area contributed by atoms with Gasteiger partial charge in [-0.3, -0.25) is 0 Å². The average Bonchev–Trinajstić information content (AvgIpc) is 3.35. The van der Waals surface area contributed by atoms with E-state index < -0.39 is 0 Å². The third-order valence-corrected chi connectivity index (χ3v) is 5.84. The van der Waals surface area contributed by atoms with Gasteiger partial charge in [-0.05, 0) is 43.5 Å². The van der Waals surface area contributed by atoms with Crippen LogP contribution >= 0.6 is 0 Å². The molecule has 1 saturated heterocycles. The van der Waals surface area contributed by atoms with E-state index in [4.69, 9.17) is 19.6 Å². The van der Waals surface area contributed by atoms with Gasteiger partial charge in [0, 0.05) is 55.0 Å². The molecule has 7 heteroatoms. The first-order valence-electron chi connectivity index (χ1n) is 11.5. The van der Waals surface area contributed by atoms with Crippen molar-refractivity contribution in [2.45, 2.75) is 32.2 Å². The molecule has 0 amide bonds. The van der Waals surface area contributed by atoms with E-state index in [0.717, 1.165) is 60.0 Å². The Morgan fingerprint density at radius 2 is 2.00 bits per heavy atom. The van der Waals surface area contributed by atoms with Crippen LogP contribution in [-0.4, -0.2) is 55.1 Å². The van der Waals surface area contributed by atoms with E-state index in [1.807, 2.05) is 48.0 Å². The number of nitrogens with one attached hydrogen (secondary N) is 2. The van der Waals surface area contributed by atoms with Crippen molar-refractivity contribution >= 4 is 11.4 Å². The molecule has 174 valence electrons. The molecule has 1 aromatic heterocycles. The lowest BCUT2D eigenvalue weighted by Gasteiger charge is -2.26. The number of rotatable bonds is 10. The lowest BCUT2D eigenvalue weighted by atomic mass is 10.00. The van der Waals surface area contributed by atoms with Gasteiger partial charge in [-0.15, -0.1) is 0 Å². The Morgan fingerprint density at radius 3 is 2.79 bits per heavy atom. The van der Waals surface area contributed by atoms with Gasteiger partial charge in [0.25, 0.3) is 0 Å². The number of benzene rings is 2. The molecule has 1 aliphatic heterocycles. The summed E-state index contributed by atoms with van der Waals surface area (Å²) in [7, 11) is 1.66. The molecule has 2 heterocycles. The average molecular weight is 449 g/mol. The molecule has 1 aliphatic rings. The van der Waals surface area contributed by atoms with Crippen LogP contribution in [0, 0.1) is 5.41 Å². The molecular weight excluding hydrogens is 416 g/mol. The van der Waals surface area contributed by atoms with Crippen molar-refractivity contribution in [3.8, 4) is 22.7 Å². The Hall–Kier alpha value is -3.16. The lowest BCUT2D eigenvalue weighted by Crippen LogP contribution is -2.28. The first kappa shape index (κ1) is 23.0. The fourth-order valence-corrected chi connectivity index (χ4v) is 4.01. The molecule has 0 aliphatic carbocycles. The first-order chi connectivity index (χ1) is 16.2. The molecule has 0 radical (unpaired) electrons. The van der Waals surface area contributed by atoms with Crippen LogP contribution in [0.4, 0.5) is 5.69 Å². The van der Waals surface area contributed by atoms with Crippen molar-refractivity contribution in [3.05, 3.63) is 60.3 Å². The van der Waals surface area contributed by atoms with Crippen LogP contribution < -0.4 is 10.1 Å². The number of nitrogens with zero attached hydrogens (tertiary/aromatic N) is 2. The number of hydrogen-bond donors (Lipinski definition) is 2. The third kappa shape index (κ3) is 5.61. The summed E-state index contributed by atoms with van der Waals surface area (Å²) in [5.74, 6) is 0.777. The lowest BCUT2D eigenvalue weighted by molar-refractivity contribution is 0.0904. The fraction of sp³-hybridized carbons (Fsp3) is 0.385. The molecular formula is C26H32N4O3. The monoisotopic (exact) mass is 448 g/mol.